The van der Waals surface area contributed by atoms with Gasteiger partial charge in [0.15, 0.2) is 9.84 Å². The van der Waals surface area contributed by atoms with Crippen LogP contribution in [0.25, 0.3) is 21.8 Å². The molecule has 1 aromatic heterocycles. The Morgan fingerprint density at radius 2 is 1.53 bits per heavy atom. The topological polar surface area (TPSA) is 82.2 Å². The van der Waals surface area contributed by atoms with E-state index in [2.05, 4.69) is 0 Å². The quantitative estimate of drug-likeness (QED) is 0.375. The van der Waals surface area contributed by atoms with Crippen molar-refractivity contribution >= 4 is 37.6 Å². The largest absolute Gasteiger partial charge is 0.366 e. The Bertz CT molecular complexity index is 1660. The molecule has 5 aromatic rings. The summed E-state index contributed by atoms with van der Waals surface area (Å²) in [7, 11) is -3.55. The van der Waals surface area contributed by atoms with Crippen LogP contribution in [-0.4, -0.2) is 18.9 Å². The van der Waals surface area contributed by atoms with Crippen LogP contribution in [0.3, 0.4) is 0 Å². The molecule has 0 spiro atoms. The molecule has 5 nitrogen and oxygen atoms in total. The molecule has 1 heterocycles. The van der Waals surface area contributed by atoms with Crippen LogP contribution in [0.1, 0.15) is 21.5 Å². The molecule has 0 radical (unpaired) electrons. The Kier molecular flexibility index (Phi) is 5.42. The molecule has 0 saturated heterocycles. The first-order valence-corrected chi connectivity index (χ1v) is 12.4. The lowest BCUT2D eigenvalue weighted by atomic mass is 10.1. The summed E-state index contributed by atoms with van der Waals surface area (Å²) in [5.41, 5.74) is 8.74. The minimum absolute atomic E-state index is 0.161. The summed E-state index contributed by atoms with van der Waals surface area (Å²) in [6.07, 6.45) is 0. The fraction of sp³-hybridized carbons (Fsp3) is 0.0741. The second-order valence-corrected chi connectivity index (χ2v) is 10.1. The predicted molar refractivity (Wildman–Crippen MR) is 131 cm³/mol. The van der Waals surface area contributed by atoms with Crippen molar-refractivity contribution in [3.8, 4) is 0 Å². The lowest BCUT2D eigenvalue weighted by Gasteiger charge is -2.13. The Morgan fingerprint density at radius 1 is 0.824 bits per heavy atom. The van der Waals surface area contributed by atoms with Crippen LogP contribution in [0, 0.1) is 5.82 Å². The minimum Gasteiger partial charge on any atom is -0.366 e. The number of nitrogens with two attached hydrogens (primary N) is 1. The normalized spacial score (nSPS) is 11.8. The number of carbonyl (C=O) groups is 1. The third-order valence-corrected chi connectivity index (χ3v) is 7.69. The molecule has 34 heavy (non-hydrogen) atoms. The predicted octanol–water partition coefficient (Wildman–Crippen LogP) is 5.05. The van der Waals surface area contributed by atoms with Crippen molar-refractivity contribution in [2.45, 2.75) is 17.2 Å². The van der Waals surface area contributed by atoms with Crippen molar-refractivity contribution in [1.29, 1.82) is 0 Å². The zero-order valence-corrected chi connectivity index (χ0v) is 18.9. The van der Waals surface area contributed by atoms with E-state index in [0.29, 0.717) is 34.0 Å². The molecule has 7 heteroatoms. The smallest absolute Gasteiger partial charge is 0.249 e. The molecule has 0 saturated carbocycles. The number of hydrogen-bond acceptors (Lipinski definition) is 3. The standard InChI is InChI=1S/C27H21FN2O3S/c28-20-13-14-22-25(15-20)30(24-12-6-11-23(26(22)24)27(29)31)16-18-7-4-5-8-19(18)17-34(32,33)21-9-2-1-3-10-21/h1-15H,16-17H2,(H2,29,31). The van der Waals surface area contributed by atoms with Gasteiger partial charge in [0.25, 0.3) is 0 Å². The summed E-state index contributed by atoms with van der Waals surface area (Å²) >= 11 is 0. The Labute approximate surface area is 196 Å². The first-order chi connectivity index (χ1) is 16.3. The van der Waals surface area contributed by atoms with Crippen LogP contribution < -0.4 is 5.73 Å². The van der Waals surface area contributed by atoms with Gasteiger partial charge in [0.2, 0.25) is 5.91 Å². The van der Waals surface area contributed by atoms with Crippen molar-refractivity contribution in [2.75, 3.05) is 0 Å². The van der Waals surface area contributed by atoms with E-state index in [-0.39, 0.29) is 10.6 Å². The third-order valence-electron chi connectivity index (χ3n) is 6.01. The van der Waals surface area contributed by atoms with E-state index in [9.17, 15) is 17.6 Å². The number of primary amides is 1. The van der Waals surface area contributed by atoms with Gasteiger partial charge in [0.1, 0.15) is 5.82 Å². The molecular formula is C27H21FN2O3S. The lowest BCUT2D eigenvalue weighted by Crippen LogP contribution is -2.11. The van der Waals surface area contributed by atoms with E-state index in [1.54, 1.807) is 60.7 Å². The second kappa shape index (κ2) is 8.43. The highest BCUT2D eigenvalue weighted by Gasteiger charge is 2.20. The van der Waals surface area contributed by atoms with Crippen LogP contribution in [0.4, 0.5) is 4.39 Å². The SMILES string of the molecule is NC(=O)c1cccc2c1c1ccc(F)cc1n2Cc1ccccc1CS(=O)(=O)c1ccccc1. The van der Waals surface area contributed by atoms with E-state index in [1.807, 2.05) is 22.8 Å². The van der Waals surface area contributed by atoms with Crippen molar-refractivity contribution in [1.82, 2.24) is 4.57 Å². The third kappa shape index (κ3) is 3.84. The maximum atomic E-state index is 14.2. The van der Waals surface area contributed by atoms with Gasteiger partial charge in [-0.3, -0.25) is 4.79 Å². The lowest BCUT2D eigenvalue weighted by molar-refractivity contribution is 0.100. The molecule has 0 aliphatic carbocycles. The van der Waals surface area contributed by atoms with Crippen molar-refractivity contribution in [3.63, 3.8) is 0 Å². The molecule has 0 bridgehead atoms. The summed E-state index contributed by atoms with van der Waals surface area (Å²) in [5, 5.41) is 1.36. The number of halogens is 1. The number of sulfone groups is 1. The van der Waals surface area contributed by atoms with E-state index < -0.39 is 21.6 Å². The summed E-state index contributed by atoms with van der Waals surface area (Å²) in [6, 6.07) is 25.3. The number of fused-ring (bicyclic) bond motifs is 3. The Hall–Kier alpha value is -3.97. The van der Waals surface area contributed by atoms with Crippen LogP contribution in [0.5, 0.6) is 0 Å². The minimum atomic E-state index is -3.55. The molecule has 0 aliphatic rings. The molecule has 0 aliphatic heterocycles. The Balaban J connectivity index is 1.66. The molecule has 5 rings (SSSR count). The highest BCUT2D eigenvalue weighted by atomic mass is 32.2. The molecule has 170 valence electrons. The fourth-order valence-corrected chi connectivity index (χ4v) is 5.86. The second-order valence-electron chi connectivity index (χ2n) is 8.15. The zero-order chi connectivity index (χ0) is 23.9. The van der Waals surface area contributed by atoms with Gasteiger partial charge in [0, 0.05) is 22.9 Å². The first kappa shape index (κ1) is 21.9. The van der Waals surface area contributed by atoms with Crippen LogP contribution >= 0.6 is 0 Å². The van der Waals surface area contributed by atoms with Crippen LogP contribution in [-0.2, 0) is 22.1 Å². The van der Waals surface area contributed by atoms with Gasteiger partial charge in [-0.1, -0.05) is 48.5 Å². The highest BCUT2D eigenvalue weighted by molar-refractivity contribution is 7.90. The summed E-state index contributed by atoms with van der Waals surface area (Å²) in [6.45, 7) is 0.298. The van der Waals surface area contributed by atoms with Crippen molar-refractivity contribution < 1.29 is 17.6 Å². The number of amides is 1. The molecule has 0 unspecified atom stereocenters. The maximum Gasteiger partial charge on any atom is 0.249 e. The van der Waals surface area contributed by atoms with E-state index in [4.69, 9.17) is 5.73 Å². The van der Waals surface area contributed by atoms with Crippen LogP contribution in [0.2, 0.25) is 0 Å². The van der Waals surface area contributed by atoms with Gasteiger partial charge in [-0.15, -0.1) is 0 Å². The molecule has 0 atom stereocenters. The van der Waals surface area contributed by atoms with Crippen molar-refractivity contribution in [3.05, 3.63) is 114 Å². The van der Waals surface area contributed by atoms with Gasteiger partial charge in [-0.25, -0.2) is 12.8 Å². The average molecular weight is 473 g/mol. The fourth-order valence-electron chi connectivity index (χ4n) is 4.43. The van der Waals surface area contributed by atoms with Gasteiger partial charge < -0.3 is 10.3 Å². The molecular weight excluding hydrogens is 451 g/mol. The van der Waals surface area contributed by atoms with E-state index in [0.717, 1.165) is 11.1 Å². The number of nitrogens with zero attached hydrogens (tertiary/aromatic N) is 1. The van der Waals surface area contributed by atoms with Gasteiger partial charge in [-0.05, 0) is 53.6 Å². The summed E-state index contributed by atoms with van der Waals surface area (Å²) < 4.78 is 42.2. The number of rotatable bonds is 6. The van der Waals surface area contributed by atoms with Gasteiger partial charge in [0.05, 0.1) is 21.7 Å². The molecule has 1 amide bonds. The maximum absolute atomic E-state index is 14.2. The monoisotopic (exact) mass is 472 g/mol. The average Bonchev–Trinajstić information content (AvgIpc) is 3.13. The van der Waals surface area contributed by atoms with Gasteiger partial charge in [-0.2, -0.15) is 0 Å². The summed E-state index contributed by atoms with van der Waals surface area (Å²) in [4.78, 5) is 12.4. The molecule has 2 N–H and O–H groups in total. The first-order valence-electron chi connectivity index (χ1n) is 10.7. The number of aromatic nitrogens is 1. The zero-order valence-electron chi connectivity index (χ0n) is 18.1. The number of hydrogen-bond donors (Lipinski definition) is 1. The van der Waals surface area contributed by atoms with Gasteiger partial charge >= 0.3 is 0 Å². The van der Waals surface area contributed by atoms with Crippen molar-refractivity contribution in [2.24, 2.45) is 5.73 Å². The molecule has 0 fully saturated rings. The molecule has 4 aromatic carbocycles. The van der Waals surface area contributed by atoms with E-state index in [1.165, 1.54) is 12.1 Å². The highest BCUT2D eigenvalue weighted by Crippen LogP contribution is 2.33. The number of benzene rings is 4. The number of carbonyl (C=O) groups excluding carboxylic acids is 1. The van der Waals surface area contributed by atoms with E-state index >= 15 is 0 Å². The Morgan fingerprint density at radius 3 is 2.26 bits per heavy atom. The van der Waals surface area contributed by atoms with Crippen LogP contribution in [0.15, 0.2) is 95.9 Å². The summed E-state index contributed by atoms with van der Waals surface area (Å²) in [5.74, 6) is -1.13.